The molecule has 0 saturated carbocycles. The van der Waals surface area contributed by atoms with Crippen LogP contribution in [0, 0.1) is 0 Å². The van der Waals surface area contributed by atoms with E-state index in [1.54, 1.807) is 6.20 Å². The summed E-state index contributed by atoms with van der Waals surface area (Å²) in [5.74, 6) is 0. The van der Waals surface area contributed by atoms with Crippen LogP contribution >= 0.6 is 15.9 Å². The first-order valence-electron chi connectivity index (χ1n) is 5.20. The first kappa shape index (κ1) is 13.0. The maximum atomic E-state index is 11.9. The third-order valence-electron chi connectivity index (χ3n) is 2.10. The van der Waals surface area contributed by atoms with Crippen LogP contribution in [0.25, 0.3) is 0 Å². The molecule has 0 aliphatic rings. The van der Waals surface area contributed by atoms with Crippen LogP contribution < -0.4 is 10.9 Å². The number of nitrogens with one attached hydrogen (secondary N) is 1. The maximum absolute atomic E-state index is 11.9. The molecule has 1 aromatic heterocycles. The van der Waals surface area contributed by atoms with Crippen molar-refractivity contribution in [2.45, 2.75) is 26.3 Å². The summed E-state index contributed by atoms with van der Waals surface area (Å²) in [6.45, 7) is 8.23. The van der Waals surface area contributed by atoms with Gasteiger partial charge in [0.2, 0.25) is 0 Å². The molecule has 4 nitrogen and oxygen atoms in total. The highest BCUT2D eigenvalue weighted by atomic mass is 79.9. The minimum absolute atomic E-state index is 0.0611. The van der Waals surface area contributed by atoms with Crippen LogP contribution in [0.5, 0.6) is 0 Å². The molecule has 0 spiro atoms. The molecule has 0 unspecified atom stereocenters. The number of halogens is 1. The van der Waals surface area contributed by atoms with Crippen molar-refractivity contribution in [3.8, 4) is 0 Å². The molecule has 88 valence electrons. The SMILES string of the molecule is C=CCCNc1cnn(C(C)C)c(=O)c1Br. The van der Waals surface area contributed by atoms with Gasteiger partial charge in [-0.15, -0.1) is 6.58 Å². The average molecular weight is 286 g/mol. The van der Waals surface area contributed by atoms with Gasteiger partial charge in [-0.05, 0) is 36.2 Å². The Balaban J connectivity index is 2.93. The fourth-order valence-corrected chi connectivity index (χ4v) is 1.67. The second-order valence-corrected chi connectivity index (χ2v) is 4.51. The third kappa shape index (κ3) is 2.95. The highest BCUT2D eigenvalue weighted by molar-refractivity contribution is 9.10. The molecule has 0 aromatic carbocycles. The summed E-state index contributed by atoms with van der Waals surface area (Å²) in [7, 11) is 0. The molecule has 0 aliphatic carbocycles. The van der Waals surface area contributed by atoms with Crippen molar-refractivity contribution >= 4 is 21.6 Å². The zero-order valence-corrected chi connectivity index (χ0v) is 11.1. The lowest BCUT2D eigenvalue weighted by molar-refractivity contribution is 0.501. The van der Waals surface area contributed by atoms with E-state index in [1.807, 2.05) is 19.9 Å². The number of hydrogen-bond acceptors (Lipinski definition) is 3. The van der Waals surface area contributed by atoms with Gasteiger partial charge in [-0.2, -0.15) is 5.10 Å². The molecule has 0 fully saturated rings. The van der Waals surface area contributed by atoms with Crippen LogP contribution in [0.15, 0.2) is 28.1 Å². The van der Waals surface area contributed by atoms with Gasteiger partial charge in [0.05, 0.1) is 17.9 Å². The Morgan fingerprint density at radius 3 is 2.94 bits per heavy atom. The standard InChI is InChI=1S/C11H16BrN3O/c1-4-5-6-13-9-7-14-15(8(2)3)11(16)10(9)12/h4,7-8,13H,1,5-6H2,2-3H3. The zero-order valence-electron chi connectivity index (χ0n) is 9.53. The smallest absolute Gasteiger partial charge is 0.283 e. The summed E-state index contributed by atoms with van der Waals surface area (Å²) in [5, 5.41) is 7.23. The maximum Gasteiger partial charge on any atom is 0.283 e. The summed E-state index contributed by atoms with van der Waals surface area (Å²) in [5.41, 5.74) is 0.613. The molecule has 1 heterocycles. The monoisotopic (exact) mass is 285 g/mol. The average Bonchev–Trinajstić information content (AvgIpc) is 2.24. The second-order valence-electron chi connectivity index (χ2n) is 3.72. The minimum atomic E-state index is -0.112. The van der Waals surface area contributed by atoms with Crippen molar-refractivity contribution in [2.24, 2.45) is 0 Å². The lowest BCUT2D eigenvalue weighted by atomic mass is 10.3. The van der Waals surface area contributed by atoms with Crippen LogP contribution in [-0.4, -0.2) is 16.3 Å². The van der Waals surface area contributed by atoms with Gasteiger partial charge in [-0.3, -0.25) is 4.79 Å². The fraction of sp³-hybridized carbons (Fsp3) is 0.455. The Kier molecular flexibility index (Phi) is 4.73. The number of nitrogens with zero attached hydrogens (tertiary/aromatic N) is 2. The van der Waals surface area contributed by atoms with E-state index in [0.29, 0.717) is 4.47 Å². The van der Waals surface area contributed by atoms with Crippen molar-refractivity contribution in [3.63, 3.8) is 0 Å². The van der Waals surface area contributed by atoms with Gasteiger partial charge < -0.3 is 5.32 Å². The Morgan fingerprint density at radius 1 is 1.69 bits per heavy atom. The molecule has 0 atom stereocenters. The summed E-state index contributed by atoms with van der Waals surface area (Å²) in [4.78, 5) is 11.9. The predicted octanol–water partition coefficient (Wildman–Crippen LogP) is 2.57. The van der Waals surface area contributed by atoms with E-state index >= 15 is 0 Å². The van der Waals surface area contributed by atoms with Gasteiger partial charge in [0.15, 0.2) is 0 Å². The number of anilines is 1. The van der Waals surface area contributed by atoms with E-state index in [2.05, 4.69) is 32.9 Å². The third-order valence-corrected chi connectivity index (χ3v) is 2.86. The fourth-order valence-electron chi connectivity index (χ4n) is 1.24. The molecular weight excluding hydrogens is 270 g/mol. The summed E-state index contributed by atoms with van der Waals surface area (Å²) in [6.07, 6.45) is 4.33. The van der Waals surface area contributed by atoms with Crippen LogP contribution in [0.3, 0.4) is 0 Å². The van der Waals surface area contributed by atoms with E-state index in [4.69, 9.17) is 0 Å². The highest BCUT2D eigenvalue weighted by Gasteiger charge is 2.09. The van der Waals surface area contributed by atoms with Gasteiger partial charge in [0, 0.05) is 6.54 Å². The summed E-state index contributed by atoms with van der Waals surface area (Å²) in [6, 6.07) is 0.0611. The van der Waals surface area contributed by atoms with Gasteiger partial charge in [0.25, 0.3) is 5.56 Å². The molecule has 0 bridgehead atoms. The summed E-state index contributed by atoms with van der Waals surface area (Å²) < 4.78 is 1.98. The highest BCUT2D eigenvalue weighted by Crippen LogP contribution is 2.16. The quantitative estimate of drug-likeness (QED) is 0.668. The van der Waals surface area contributed by atoms with Crippen LogP contribution in [0.2, 0.25) is 0 Å². The molecule has 0 radical (unpaired) electrons. The largest absolute Gasteiger partial charge is 0.382 e. The lowest BCUT2D eigenvalue weighted by Crippen LogP contribution is -2.26. The molecular formula is C11H16BrN3O. The van der Waals surface area contributed by atoms with Crippen molar-refractivity contribution in [1.82, 2.24) is 9.78 Å². The number of hydrogen-bond donors (Lipinski definition) is 1. The van der Waals surface area contributed by atoms with E-state index in [0.717, 1.165) is 18.7 Å². The van der Waals surface area contributed by atoms with E-state index < -0.39 is 0 Å². The zero-order chi connectivity index (χ0) is 12.1. The topological polar surface area (TPSA) is 46.9 Å². The molecule has 1 N–H and O–H groups in total. The second kappa shape index (κ2) is 5.84. The van der Waals surface area contributed by atoms with Gasteiger partial charge in [-0.25, -0.2) is 4.68 Å². The molecule has 1 aromatic rings. The Labute approximate surface area is 103 Å². The molecule has 0 saturated heterocycles. The van der Waals surface area contributed by atoms with Crippen molar-refractivity contribution in [3.05, 3.63) is 33.7 Å². The van der Waals surface area contributed by atoms with Crippen LogP contribution in [0.4, 0.5) is 5.69 Å². The Bertz CT molecular complexity index is 426. The first-order chi connectivity index (χ1) is 7.57. The molecule has 0 aliphatic heterocycles. The van der Waals surface area contributed by atoms with Crippen molar-refractivity contribution < 1.29 is 0 Å². The lowest BCUT2D eigenvalue weighted by Gasteiger charge is -2.11. The van der Waals surface area contributed by atoms with Gasteiger partial charge in [-0.1, -0.05) is 6.08 Å². The van der Waals surface area contributed by atoms with Crippen molar-refractivity contribution in [2.75, 3.05) is 11.9 Å². The van der Waals surface area contributed by atoms with Crippen molar-refractivity contribution in [1.29, 1.82) is 0 Å². The number of rotatable bonds is 5. The molecule has 16 heavy (non-hydrogen) atoms. The van der Waals surface area contributed by atoms with E-state index in [1.165, 1.54) is 4.68 Å². The normalized spacial score (nSPS) is 10.5. The first-order valence-corrected chi connectivity index (χ1v) is 5.99. The Hall–Kier alpha value is -1.10. The molecule has 0 amide bonds. The molecule has 5 heteroatoms. The van der Waals surface area contributed by atoms with E-state index in [-0.39, 0.29) is 11.6 Å². The van der Waals surface area contributed by atoms with Gasteiger partial charge in [0.1, 0.15) is 4.47 Å². The van der Waals surface area contributed by atoms with Gasteiger partial charge >= 0.3 is 0 Å². The van der Waals surface area contributed by atoms with Crippen LogP contribution in [0.1, 0.15) is 26.3 Å². The summed E-state index contributed by atoms with van der Waals surface area (Å²) >= 11 is 3.29. The predicted molar refractivity (Wildman–Crippen MR) is 69.9 cm³/mol. The minimum Gasteiger partial charge on any atom is -0.382 e. The van der Waals surface area contributed by atoms with Crippen LogP contribution in [-0.2, 0) is 0 Å². The van der Waals surface area contributed by atoms with E-state index in [9.17, 15) is 4.79 Å². The Morgan fingerprint density at radius 2 is 2.38 bits per heavy atom. The number of aromatic nitrogens is 2. The molecule has 1 rings (SSSR count).